The maximum absolute atomic E-state index is 12.2. The molecular weight excluding hydrogens is 266 g/mol. The number of amides is 1. The summed E-state index contributed by atoms with van der Waals surface area (Å²) >= 11 is 0. The molecule has 1 aliphatic heterocycles. The van der Waals surface area contributed by atoms with E-state index in [-0.39, 0.29) is 11.9 Å². The van der Waals surface area contributed by atoms with Crippen molar-refractivity contribution in [1.82, 2.24) is 9.21 Å². The fourth-order valence-electron chi connectivity index (χ4n) is 2.94. The molecule has 2 aliphatic rings. The van der Waals surface area contributed by atoms with E-state index in [1.54, 1.807) is 4.90 Å². The highest BCUT2D eigenvalue weighted by atomic mass is 32.2. The third-order valence-corrected chi connectivity index (χ3v) is 5.52. The second-order valence-corrected chi connectivity index (χ2v) is 7.58. The SMILES string of the molecule is CS(=O)(=O)N1CCN(C(=O)C[C@@H]2CCC[C@H]2N)CC1. The lowest BCUT2D eigenvalue weighted by Gasteiger charge is -2.34. The summed E-state index contributed by atoms with van der Waals surface area (Å²) in [5.41, 5.74) is 5.98. The maximum atomic E-state index is 12.2. The molecule has 2 atom stereocenters. The average molecular weight is 289 g/mol. The zero-order valence-electron chi connectivity index (χ0n) is 11.4. The van der Waals surface area contributed by atoms with Gasteiger partial charge in [-0.3, -0.25) is 4.79 Å². The third-order valence-electron chi connectivity index (χ3n) is 4.22. The van der Waals surface area contributed by atoms with Crippen LogP contribution in [0.1, 0.15) is 25.7 Å². The van der Waals surface area contributed by atoms with Crippen LogP contribution >= 0.6 is 0 Å². The van der Waals surface area contributed by atoms with Gasteiger partial charge in [-0.2, -0.15) is 4.31 Å². The number of hydrogen-bond donors (Lipinski definition) is 1. The minimum Gasteiger partial charge on any atom is -0.340 e. The molecule has 2 fully saturated rings. The summed E-state index contributed by atoms with van der Waals surface area (Å²) in [7, 11) is -3.13. The third kappa shape index (κ3) is 3.67. The average Bonchev–Trinajstić information content (AvgIpc) is 2.74. The fraction of sp³-hybridized carbons (Fsp3) is 0.917. The van der Waals surface area contributed by atoms with Gasteiger partial charge in [0.25, 0.3) is 0 Å². The zero-order chi connectivity index (χ0) is 14.0. The lowest BCUT2D eigenvalue weighted by molar-refractivity contribution is -0.133. The Kier molecular flexibility index (Phi) is 4.47. The van der Waals surface area contributed by atoms with Gasteiger partial charge in [-0.05, 0) is 18.8 Å². The molecule has 0 spiro atoms. The highest BCUT2D eigenvalue weighted by molar-refractivity contribution is 7.88. The highest BCUT2D eigenvalue weighted by Crippen LogP contribution is 2.27. The molecule has 0 radical (unpaired) electrons. The number of piperazine rings is 1. The number of sulfonamides is 1. The molecule has 19 heavy (non-hydrogen) atoms. The van der Waals surface area contributed by atoms with E-state index in [4.69, 9.17) is 5.73 Å². The summed E-state index contributed by atoms with van der Waals surface area (Å²) in [6.07, 6.45) is 4.89. The summed E-state index contributed by atoms with van der Waals surface area (Å²) in [6, 6.07) is 0.154. The van der Waals surface area contributed by atoms with Gasteiger partial charge < -0.3 is 10.6 Å². The molecule has 0 bridgehead atoms. The largest absolute Gasteiger partial charge is 0.340 e. The van der Waals surface area contributed by atoms with E-state index in [1.807, 2.05) is 0 Å². The smallest absolute Gasteiger partial charge is 0.222 e. The van der Waals surface area contributed by atoms with E-state index in [9.17, 15) is 13.2 Å². The number of carbonyl (C=O) groups excluding carboxylic acids is 1. The van der Waals surface area contributed by atoms with Crippen molar-refractivity contribution >= 4 is 15.9 Å². The first-order valence-corrected chi connectivity index (χ1v) is 8.71. The predicted octanol–water partition coefficient (Wildman–Crippen LogP) is -0.392. The summed E-state index contributed by atoms with van der Waals surface area (Å²) in [5.74, 6) is 0.427. The Bertz CT molecular complexity index is 430. The minimum atomic E-state index is -3.13. The van der Waals surface area contributed by atoms with Crippen LogP contribution in [0.4, 0.5) is 0 Å². The molecule has 1 saturated heterocycles. The summed E-state index contributed by atoms with van der Waals surface area (Å²) in [5, 5.41) is 0. The van der Waals surface area contributed by atoms with Gasteiger partial charge in [0, 0.05) is 38.6 Å². The number of carbonyl (C=O) groups is 1. The van der Waals surface area contributed by atoms with Gasteiger partial charge in [-0.1, -0.05) is 6.42 Å². The number of rotatable bonds is 3. The Balaban J connectivity index is 1.82. The summed E-state index contributed by atoms with van der Waals surface area (Å²) in [4.78, 5) is 13.9. The first-order chi connectivity index (χ1) is 8.88. The molecule has 1 aliphatic carbocycles. The topological polar surface area (TPSA) is 83.7 Å². The second-order valence-electron chi connectivity index (χ2n) is 5.60. The lowest BCUT2D eigenvalue weighted by Crippen LogP contribution is -2.50. The van der Waals surface area contributed by atoms with Crippen LogP contribution in [0.2, 0.25) is 0 Å². The molecule has 0 aromatic carbocycles. The van der Waals surface area contributed by atoms with Crippen LogP contribution in [0.15, 0.2) is 0 Å². The van der Waals surface area contributed by atoms with E-state index in [0.717, 1.165) is 19.3 Å². The second kappa shape index (κ2) is 5.76. The number of nitrogens with zero attached hydrogens (tertiary/aromatic N) is 2. The van der Waals surface area contributed by atoms with Crippen molar-refractivity contribution < 1.29 is 13.2 Å². The summed E-state index contributed by atoms with van der Waals surface area (Å²) < 4.78 is 24.2. The van der Waals surface area contributed by atoms with Crippen LogP contribution in [0, 0.1) is 5.92 Å². The van der Waals surface area contributed by atoms with Crippen molar-refractivity contribution in [3.8, 4) is 0 Å². The first kappa shape index (κ1) is 14.7. The Labute approximate surface area is 115 Å². The van der Waals surface area contributed by atoms with Crippen molar-refractivity contribution in [3.63, 3.8) is 0 Å². The van der Waals surface area contributed by atoms with Gasteiger partial charge >= 0.3 is 0 Å². The van der Waals surface area contributed by atoms with Gasteiger partial charge in [-0.25, -0.2) is 8.42 Å². The monoisotopic (exact) mass is 289 g/mol. The molecule has 110 valence electrons. The molecule has 1 heterocycles. The Morgan fingerprint density at radius 2 is 1.84 bits per heavy atom. The van der Waals surface area contributed by atoms with E-state index in [2.05, 4.69) is 0 Å². The standard InChI is InChI=1S/C12H23N3O3S/c1-19(17,18)15-7-5-14(6-8-15)12(16)9-10-3-2-4-11(10)13/h10-11H,2-9,13H2,1H3/t10-,11+/m0/s1. The van der Waals surface area contributed by atoms with Crippen LogP contribution in [-0.2, 0) is 14.8 Å². The van der Waals surface area contributed by atoms with Gasteiger partial charge in [0.05, 0.1) is 6.26 Å². The van der Waals surface area contributed by atoms with Crippen molar-refractivity contribution in [3.05, 3.63) is 0 Å². The predicted molar refractivity (Wildman–Crippen MR) is 72.9 cm³/mol. The quantitative estimate of drug-likeness (QED) is 0.767. The van der Waals surface area contributed by atoms with Gasteiger partial charge in [0.15, 0.2) is 0 Å². The maximum Gasteiger partial charge on any atom is 0.222 e. The lowest BCUT2D eigenvalue weighted by atomic mass is 9.99. The Morgan fingerprint density at radius 3 is 2.32 bits per heavy atom. The van der Waals surface area contributed by atoms with Crippen molar-refractivity contribution in [2.75, 3.05) is 32.4 Å². The molecule has 0 unspecified atom stereocenters. The Morgan fingerprint density at radius 1 is 1.21 bits per heavy atom. The van der Waals surface area contributed by atoms with E-state index >= 15 is 0 Å². The van der Waals surface area contributed by atoms with E-state index in [1.165, 1.54) is 10.6 Å². The molecule has 2 N–H and O–H groups in total. The van der Waals surface area contributed by atoms with Gasteiger partial charge in [-0.15, -0.1) is 0 Å². The highest BCUT2D eigenvalue weighted by Gasteiger charge is 2.30. The van der Waals surface area contributed by atoms with Crippen LogP contribution in [0.25, 0.3) is 0 Å². The van der Waals surface area contributed by atoms with Gasteiger partial charge in [0.2, 0.25) is 15.9 Å². The molecular formula is C12H23N3O3S. The van der Waals surface area contributed by atoms with Crippen LogP contribution < -0.4 is 5.73 Å². The van der Waals surface area contributed by atoms with Crippen LogP contribution in [0.3, 0.4) is 0 Å². The molecule has 0 aromatic heterocycles. The molecule has 1 amide bonds. The molecule has 2 rings (SSSR count). The van der Waals surface area contributed by atoms with Crippen molar-refractivity contribution in [1.29, 1.82) is 0 Å². The fourth-order valence-corrected chi connectivity index (χ4v) is 3.77. The van der Waals surface area contributed by atoms with Crippen molar-refractivity contribution in [2.24, 2.45) is 11.7 Å². The first-order valence-electron chi connectivity index (χ1n) is 6.86. The number of hydrogen-bond acceptors (Lipinski definition) is 4. The molecule has 6 nitrogen and oxygen atoms in total. The number of nitrogens with two attached hydrogens (primary N) is 1. The normalized spacial score (nSPS) is 29.7. The molecule has 1 saturated carbocycles. The van der Waals surface area contributed by atoms with Gasteiger partial charge in [0.1, 0.15) is 0 Å². The van der Waals surface area contributed by atoms with Crippen LogP contribution in [-0.4, -0.2) is 62.0 Å². The van der Waals surface area contributed by atoms with E-state index in [0.29, 0.717) is 38.5 Å². The van der Waals surface area contributed by atoms with E-state index < -0.39 is 10.0 Å². The zero-order valence-corrected chi connectivity index (χ0v) is 12.2. The van der Waals surface area contributed by atoms with Crippen LogP contribution in [0.5, 0.6) is 0 Å². The summed E-state index contributed by atoms with van der Waals surface area (Å²) in [6.45, 7) is 1.80. The Hall–Kier alpha value is -0.660. The minimum absolute atomic E-state index is 0.121. The van der Waals surface area contributed by atoms with Crippen molar-refractivity contribution in [2.45, 2.75) is 31.7 Å². The molecule has 0 aromatic rings. The molecule has 7 heteroatoms.